The van der Waals surface area contributed by atoms with Crippen molar-refractivity contribution in [2.45, 2.75) is 39.3 Å². The summed E-state index contributed by atoms with van der Waals surface area (Å²) in [6, 6.07) is 5.30. The lowest BCUT2D eigenvalue weighted by Gasteiger charge is -2.09. The number of nitrogens with two attached hydrogens (primary N) is 2. The van der Waals surface area contributed by atoms with E-state index in [1.54, 1.807) is 12.1 Å². The average molecular weight is 374 g/mol. The van der Waals surface area contributed by atoms with E-state index in [9.17, 15) is 0 Å². The van der Waals surface area contributed by atoms with Crippen molar-refractivity contribution >= 4 is 35.1 Å². The predicted molar refractivity (Wildman–Crippen MR) is 102 cm³/mol. The average Bonchev–Trinajstić information content (AvgIpc) is 2.55. The molecule has 1 aromatic rings. The highest BCUT2D eigenvalue weighted by Gasteiger charge is 2.01. The summed E-state index contributed by atoms with van der Waals surface area (Å²) in [6.07, 6.45) is 2.07. The number of benzene rings is 1. The quantitative estimate of drug-likeness (QED) is 0.370. The van der Waals surface area contributed by atoms with Gasteiger partial charge < -0.3 is 16.2 Å². The molecule has 0 bridgehead atoms. The number of nitrogens with one attached hydrogen (secondary N) is 1. The first kappa shape index (κ1) is 20.5. The maximum absolute atomic E-state index is 5.95. The molecule has 0 aliphatic heterocycles. The third-order valence-electron chi connectivity index (χ3n) is 3.23. The van der Waals surface area contributed by atoms with E-state index in [1.165, 1.54) is 0 Å². The van der Waals surface area contributed by atoms with Crippen LogP contribution in [-0.2, 0) is 11.3 Å². The molecule has 1 unspecified atom stereocenters. The van der Waals surface area contributed by atoms with Crippen LogP contribution in [0.4, 0.5) is 0 Å². The van der Waals surface area contributed by atoms with Gasteiger partial charge in [0.15, 0.2) is 11.9 Å². The van der Waals surface area contributed by atoms with Gasteiger partial charge in [0.05, 0.1) is 22.7 Å². The number of hydrogen-bond donors (Lipinski definition) is 3. The van der Waals surface area contributed by atoms with Crippen LogP contribution in [0.25, 0.3) is 0 Å². The molecule has 1 aromatic carbocycles. The number of halogens is 2. The van der Waals surface area contributed by atoms with Crippen molar-refractivity contribution in [2.24, 2.45) is 21.5 Å². The summed E-state index contributed by atoms with van der Waals surface area (Å²) in [7, 11) is 0. The molecule has 0 amide bonds. The Morgan fingerprint density at radius 2 is 1.92 bits per heavy atom. The van der Waals surface area contributed by atoms with Gasteiger partial charge >= 0.3 is 0 Å². The van der Waals surface area contributed by atoms with Crippen LogP contribution in [0.15, 0.2) is 28.2 Å². The SMILES string of the molecule is CCC(C)OCCCN=C(N)NC(N)=NCc1ccc(Cl)c(Cl)c1. The Morgan fingerprint density at radius 1 is 1.21 bits per heavy atom. The molecule has 0 aliphatic rings. The Morgan fingerprint density at radius 3 is 2.58 bits per heavy atom. The normalized spacial score (nSPS) is 13.8. The lowest BCUT2D eigenvalue weighted by Crippen LogP contribution is -2.41. The zero-order valence-corrected chi connectivity index (χ0v) is 15.6. The van der Waals surface area contributed by atoms with Crippen molar-refractivity contribution in [3.05, 3.63) is 33.8 Å². The van der Waals surface area contributed by atoms with E-state index in [-0.39, 0.29) is 18.0 Å². The lowest BCUT2D eigenvalue weighted by molar-refractivity contribution is 0.0631. The van der Waals surface area contributed by atoms with Crippen LogP contribution in [0.5, 0.6) is 0 Å². The third-order valence-corrected chi connectivity index (χ3v) is 3.97. The largest absolute Gasteiger partial charge is 0.378 e. The molecule has 0 saturated heterocycles. The summed E-state index contributed by atoms with van der Waals surface area (Å²) in [6.45, 7) is 5.73. The number of guanidine groups is 2. The summed E-state index contributed by atoms with van der Waals surface area (Å²) in [5, 5.41) is 3.73. The van der Waals surface area contributed by atoms with Crippen LogP contribution < -0.4 is 16.8 Å². The van der Waals surface area contributed by atoms with Gasteiger partial charge in [0.2, 0.25) is 0 Å². The Kier molecular flexibility index (Phi) is 9.52. The Labute approximate surface area is 153 Å². The van der Waals surface area contributed by atoms with E-state index in [4.69, 9.17) is 39.4 Å². The topological polar surface area (TPSA) is 98.0 Å². The number of aliphatic imine (C=N–C) groups is 2. The standard InChI is InChI=1S/C16H25Cl2N5O/c1-3-11(2)24-8-4-7-21-15(19)23-16(20)22-10-12-5-6-13(17)14(18)9-12/h5-6,9,11H,3-4,7-8,10H2,1-2H3,(H5,19,20,21,22,23). The molecule has 8 heteroatoms. The van der Waals surface area contributed by atoms with E-state index in [0.29, 0.717) is 29.7 Å². The molecule has 0 radical (unpaired) electrons. The number of ether oxygens (including phenoxy) is 1. The molecule has 0 spiro atoms. The highest BCUT2D eigenvalue weighted by atomic mass is 35.5. The van der Waals surface area contributed by atoms with Crippen molar-refractivity contribution < 1.29 is 4.74 Å². The van der Waals surface area contributed by atoms with Gasteiger partial charge in [-0.05, 0) is 37.5 Å². The van der Waals surface area contributed by atoms with E-state index in [2.05, 4.69) is 22.2 Å². The summed E-state index contributed by atoms with van der Waals surface area (Å²) in [4.78, 5) is 8.35. The Hall–Kier alpha value is -1.50. The molecule has 134 valence electrons. The van der Waals surface area contributed by atoms with Gasteiger partial charge in [0.25, 0.3) is 0 Å². The molecule has 0 aromatic heterocycles. The summed E-state index contributed by atoms with van der Waals surface area (Å²) in [5.41, 5.74) is 12.4. The van der Waals surface area contributed by atoms with Gasteiger partial charge in [-0.25, -0.2) is 4.99 Å². The number of nitrogens with zero attached hydrogens (tertiary/aromatic N) is 2. The van der Waals surface area contributed by atoms with Crippen LogP contribution in [0.3, 0.4) is 0 Å². The maximum atomic E-state index is 5.95. The molecular formula is C16H25Cl2N5O. The van der Waals surface area contributed by atoms with Crippen molar-refractivity contribution in [1.82, 2.24) is 5.32 Å². The zero-order valence-electron chi connectivity index (χ0n) is 14.1. The Balaban J connectivity index is 2.35. The van der Waals surface area contributed by atoms with Crippen LogP contribution in [0.1, 0.15) is 32.3 Å². The van der Waals surface area contributed by atoms with Gasteiger partial charge in [0.1, 0.15) is 0 Å². The van der Waals surface area contributed by atoms with Gasteiger partial charge in [-0.1, -0.05) is 36.2 Å². The second kappa shape index (κ2) is 11.1. The maximum Gasteiger partial charge on any atom is 0.195 e. The molecule has 24 heavy (non-hydrogen) atoms. The van der Waals surface area contributed by atoms with Crippen molar-refractivity contribution in [3.63, 3.8) is 0 Å². The lowest BCUT2D eigenvalue weighted by atomic mass is 10.2. The van der Waals surface area contributed by atoms with Crippen LogP contribution >= 0.6 is 23.2 Å². The van der Waals surface area contributed by atoms with Crippen molar-refractivity contribution in [2.75, 3.05) is 13.2 Å². The fourth-order valence-electron chi connectivity index (χ4n) is 1.69. The number of rotatable bonds is 8. The summed E-state index contributed by atoms with van der Waals surface area (Å²) in [5.74, 6) is 0.423. The predicted octanol–water partition coefficient (Wildman–Crippen LogP) is 2.92. The first-order valence-corrected chi connectivity index (χ1v) is 8.60. The molecule has 5 N–H and O–H groups in total. The molecule has 0 heterocycles. The first-order valence-electron chi connectivity index (χ1n) is 7.84. The first-order chi connectivity index (χ1) is 11.4. The fourth-order valence-corrected chi connectivity index (χ4v) is 2.01. The van der Waals surface area contributed by atoms with Gasteiger partial charge in [0, 0.05) is 13.2 Å². The highest BCUT2D eigenvalue weighted by Crippen LogP contribution is 2.22. The van der Waals surface area contributed by atoms with Gasteiger partial charge in [-0.3, -0.25) is 10.3 Å². The van der Waals surface area contributed by atoms with E-state index >= 15 is 0 Å². The van der Waals surface area contributed by atoms with Crippen molar-refractivity contribution in [3.8, 4) is 0 Å². The molecular weight excluding hydrogens is 349 g/mol. The molecule has 0 aliphatic carbocycles. The van der Waals surface area contributed by atoms with Gasteiger partial charge in [-0.2, -0.15) is 0 Å². The van der Waals surface area contributed by atoms with Crippen LogP contribution in [0.2, 0.25) is 10.0 Å². The smallest absolute Gasteiger partial charge is 0.195 e. The second-order valence-corrected chi connectivity index (χ2v) is 6.10. The minimum Gasteiger partial charge on any atom is -0.378 e. The fraction of sp³-hybridized carbons (Fsp3) is 0.500. The molecule has 0 fully saturated rings. The van der Waals surface area contributed by atoms with E-state index in [0.717, 1.165) is 18.4 Å². The number of hydrogen-bond acceptors (Lipinski definition) is 3. The molecule has 1 atom stereocenters. The Bertz CT molecular complexity index is 578. The molecule has 0 saturated carbocycles. The minimum atomic E-state index is 0.193. The van der Waals surface area contributed by atoms with Gasteiger partial charge in [-0.15, -0.1) is 0 Å². The molecule has 6 nitrogen and oxygen atoms in total. The minimum absolute atomic E-state index is 0.193. The van der Waals surface area contributed by atoms with Crippen LogP contribution in [0, 0.1) is 0 Å². The van der Waals surface area contributed by atoms with Crippen LogP contribution in [-0.4, -0.2) is 31.2 Å². The van der Waals surface area contributed by atoms with E-state index in [1.807, 2.05) is 13.0 Å². The summed E-state index contributed by atoms with van der Waals surface area (Å²) >= 11 is 11.8. The molecule has 1 rings (SSSR count). The zero-order chi connectivity index (χ0) is 17.9. The van der Waals surface area contributed by atoms with Crippen molar-refractivity contribution in [1.29, 1.82) is 0 Å². The third kappa shape index (κ3) is 8.38. The monoisotopic (exact) mass is 373 g/mol. The highest BCUT2D eigenvalue weighted by molar-refractivity contribution is 6.42. The summed E-state index contributed by atoms with van der Waals surface area (Å²) < 4.78 is 5.56. The second-order valence-electron chi connectivity index (χ2n) is 5.29. The van der Waals surface area contributed by atoms with E-state index < -0.39 is 0 Å².